The number of nitrogens with one attached hydrogen (secondary N) is 1. The number of sulfonamides is 1. The Kier molecular flexibility index (Phi) is 6.16. The van der Waals surface area contributed by atoms with Gasteiger partial charge in [0, 0.05) is 23.1 Å². The number of para-hydroxylation sites is 2. The van der Waals surface area contributed by atoms with Crippen molar-refractivity contribution in [2.24, 2.45) is 0 Å². The lowest BCUT2D eigenvalue weighted by molar-refractivity contribution is 0.391. The molecule has 0 spiro atoms. The molecule has 0 saturated carbocycles. The highest BCUT2D eigenvalue weighted by atomic mass is 35.5. The molecule has 0 fully saturated rings. The molecule has 0 aliphatic carbocycles. The van der Waals surface area contributed by atoms with Crippen LogP contribution in [0.3, 0.4) is 0 Å². The summed E-state index contributed by atoms with van der Waals surface area (Å²) in [5.41, 5.74) is 2.51. The van der Waals surface area contributed by atoms with Crippen molar-refractivity contribution in [2.45, 2.75) is 11.3 Å². The first-order valence-corrected chi connectivity index (χ1v) is 11.5. The maximum Gasteiger partial charge on any atom is 0.263 e. The molecule has 3 aromatic carbocycles. The summed E-state index contributed by atoms with van der Waals surface area (Å²) in [6.07, 6.45) is 0.295. The molecule has 4 aromatic rings. The maximum absolute atomic E-state index is 13.0. The van der Waals surface area contributed by atoms with Gasteiger partial charge < -0.3 is 9.47 Å². The lowest BCUT2D eigenvalue weighted by Crippen LogP contribution is -2.16. The number of methoxy groups -OCH3 is 2. The number of halogens is 1. The van der Waals surface area contributed by atoms with Crippen LogP contribution in [0.4, 0.5) is 5.82 Å². The van der Waals surface area contributed by atoms with Crippen LogP contribution in [-0.4, -0.2) is 32.6 Å². The molecule has 0 amide bonds. The summed E-state index contributed by atoms with van der Waals surface area (Å²) in [7, 11) is -0.762. The number of rotatable bonds is 7. The number of benzene rings is 3. The quantitative estimate of drug-likeness (QED) is 0.422. The molecule has 0 radical (unpaired) electrons. The van der Waals surface area contributed by atoms with Gasteiger partial charge in [0.2, 0.25) is 0 Å². The predicted octanol–water partition coefficient (Wildman–Crippen LogP) is 4.69. The van der Waals surface area contributed by atoms with Crippen LogP contribution in [0, 0.1) is 0 Å². The van der Waals surface area contributed by atoms with Crippen molar-refractivity contribution >= 4 is 38.5 Å². The summed E-state index contributed by atoms with van der Waals surface area (Å²) >= 11 is 5.89. The van der Waals surface area contributed by atoms with E-state index in [-0.39, 0.29) is 10.7 Å². The smallest absolute Gasteiger partial charge is 0.263 e. The third kappa shape index (κ3) is 4.61. The summed E-state index contributed by atoms with van der Waals surface area (Å²) in [6, 6.07) is 18.6. The van der Waals surface area contributed by atoms with Crippen molar-refractivity contribution in [3.8, 4) is 11.5 Å². The van der Waals surface area contributed by atoms with Crippen molar-refractivity contribution in [3.63, 3.8) is 0 Å². The van der Waals surface area contributed by atoms with E-state index in [4.69, 9.17) is 21.1 Å². The minimum Gasteiger partial charge on any atom is -0.497 e. The summed E-state index contributed by atoms with van der Waals surface area (Å²) in [5, 5.41) is 0.446. The second-order valence-electron chi connectivity index (χ2n) is 6.92. The van der Waals surface area contributed by atoms with E-state index >= 15 is 0 Å². The van der Waals surface area contributed by atoms with Gasteiger partial charge in [-0.25, -0.2) is 18.4 Å². The van der Waals surface area contributed by atoms with Gasteiger partial charge in [-0.3, -0.25) is 4.72 Å². The molecular formula is C23H20ClN3O4S. The Morgan fingerprint density at radius 1 is 0.906 bits per heavy atom. The fourth-order valence-corrected chi connectivity index (χ4v) is 4.38. The first-order chi connectivity index (χ1) is 15.4. The summed E-state index contributed by atoms with van der Waals surface area (Å²) < 4.78 is 39.3. The number of anilines is 1. The van der Waals surface area contributed by atoms with Crippen LogP contribution in [-0.2, 0) is 16.4 Å². The van der Waals surface area contributed by atoms with Crippen LogP contribution in [0.15, 0.2) is 71.6 Å². The minimum atomic E-state index is -3.90. The van der Waals surface area contributed by atoms with Gasteiger partial charge in [0.1, 0.15) is 11.5 Å². The Bertz CT molecular complexity index is 1380. The second-order valence-corrected chi connectivity index (χ2v) is 9.04. The molecule has 1 N–H and O–H groups in total. The van der Waals surface area contributed by atoms with Crippen molar-refractivity contribution in [3.05, 3.63) is 83.0 Å². The molecule has 164 valence electrons. The summed E-state index contributed by atoms with van der Waals surface area (Å²) in [6.45, 7) is 0. The van der Waals surface area contributed by atoms with E-state index < -0.39 is 10.0 Å². The maximum atomic E-state index is 13.0. The molecule has 9 heteroatoms. The zero-order valence-electron chi connectivity index (χ0n) is 17.4. The topological polar surface area (TPSA) is 90.4 Å². The van der Waals surface area contributed by atoms with Gasteiger partial charge in [-0.05, 0) is 42.5 Å². The van der Waals surface area contributed by atoms with E-state index in [1.54, 1.807) is 26.4 Å². The van der Waals surface area contributed by atoms with Gasteiger partial charge in [0.25, 0.3) is 10.0 Å². The number of fused-ring (bicyclic) bond motifs is 1. The number of hydrogen-bond donors (Lipinski definition) is 1. The minimum absolute atomic E-state index is 0.0739. The van der Waals surface area contributed by atoms with Crippen LogP contribution in [0.2, 0.25) is 5.02 Å². The van der Waals surface area contributed by atoms with E-state index in [9.17, 15) is 8.42 Å². The summed E-state index contributed by atoms with van der Waals surface area (Å²) in [5.74, 6) is 1.40. The predicted molar refractivity (Wildman–Crippen MR) is 124 cm³/mol. The zero-order valence-corrected chi connectivity index (χ0v) is 18.9. The van der Waals surface area contributed by atoms with E-state index in [2.05, 4.69) is 14.7 Å². The van der Waals surface area contributed by atoms with Crippen LogP contribution < -0.4 is 14.2 Å². The van der Waals surface area contributed by atoms with E-state index in [0.717, 1.165) is 5.56 Å². The van der Waals surface area contributed by atoms with Gasteiger partial charge in [0.15, 0.2) is 5.82 Å². The van der Waals surface area contributed by atoms with Crippen LogP contribution in [0.25, 0.3) is 11.0 Å². The van der Waals surface area contributed by atoms with Gasteiger partial charge in [-0.2, -0.15) is 0 Å². The van der Waals surface area contributed by atoms with Crippen LogP contribution in [0.1, 0.15) is 11.3 Å². The molecule has 0 unspecified atom stereocenters. The largest absolute Gasteiger partial charge is 0.497 e. The average Bonchev–Trinajstić information content (AvgIpc) is 2.79. The highest BCUT2D eigenvalue weighted by molar-refractivity contribution is 7.92. The third-order valence-corrected chi connectivity index (χ3v) is 6.46. The molecule has 1 aromatic heterocycles. The van der Waals surface area contributed by atoms with Gasteiger partial charge in [-0.1, -0.05) is 29.8 Å². The van der Waals surface area contributed by atoms with Crippen LogP contribution in [0.5, 0.6) is 11.5 Å². The Hall–Kier alpha value is -3.36. The lowest BCUT2D eigenvalue weighted by atomic mass is 10.1. The van der Waals surface area contributed by atoms with E-state index in [1.807, 2.05) is 30.3 Å². The highest BCUT2D eigenvalue weighted by Crippen LogP contribution is 2.29. The SMILES string of the molecule is COc1ccc(Cc2nc3ccccc3nc2NS(=O)(=O)c2ccc(Cl)cc2)c(OC)c1. The normalized spacial score (nSPS) is 11.3. The molecule has 0 saturated heterocycles. The first-order valence-electron chi connectivity index (χ1n) is 9.64. The molecule has 0 aliphatic heterocycles. The molecule has 1 heterocycles. The van der Waals surface area contributed by atoms with Crippen molar-refractivity contribution < 1.29 is 17.9 Å². The Balaban J connectivity index is 1.78. The van der Waals surface area contributed by atoms with Crippen LogP contribution >= 0.6 is 11.6 Å². The van der Waals surface area contributed by atoms with E-state index in [1.165, 1.54) is 24.3 Å². The third-order valence-electron chi connectivity index (χ3n) is 4.85. The first kappa shape index (κ1) is 21.9. The molecule has 0 atom stereocenters. The molecular weight excluding hydrogens is 450 g/mol. The molecule has 0 aliphatic rings. The lowest BCUT2D eigenvalue weighted by Gasteiger charge is -2.14. The molecule has 32 heavy (non-hydrogen) atoms. The number of ether oxygens (including phenoxy) is 2. The Morgan fingerprint density at radius 2 is 1.59 bits per heavy atom. The highest BCUT2D eigenvalue weighted by Gasteiger charge is 2.20. The Labute approximate surface area is 191 Å². The fraction of sp³-hybridized carbons (Fsp3) is 0.130. The monoisotopic (exact) mass is 469 g/mol. The van der Waals surface area contributed by atoms with Gasteiger partial charge >= 0.3 is 0 Å². The average molecular weight is 470 g/mol. The van der Waals surface area contributed by atoms with E-state index in [0.29, 0.717) is 39.7 Å². The summed E-state index contributed by atoms with van der Waals surface area (Å²) in [4.78, 5) is 9.30. The van der Waals surface area contributed by atoms with Gasteiger partial charge in [-0.15, -0.1) is 0 Å². The number of aromatic nitrogens is 2. The second kappa shape index (κ2) is 9.02. The Morgan fingerprint density at radius 3 is 2.25 bits per heavy atom. The van der Waals surface area contributed by atoms with Crippen molar-refractivity contribution in [1.29, 1.82) is 0 Å². The van der Waals surface area contributed by atoms with Gasteiger partial charge in [0.05, 0.1) is 35.8 Å². The number of nitrogens with zero attached hydrogens (tertiary/aromatic N) is 2. The van der Waals surface area contributed by atoms with Crippen molar-refractivity contribution in [1.82, 2.24) is 9.97 Å². The molecule has 4 rings (SSSR count). The zero-order chi connectivity index (χ0) is 22.7. The molecule has 7 nitrogen and oxygen atoms in total. The molecule has 0 bridgehead atoms. The standard InChI is InChI=1S/C23H20ClN3O4S/c1-30-17-10-7-15(22(14-17)31-2)13-21-23(26-20-6-4-3-5-19(20)25-21)27-32(28,29)18-11-8-16(24)9-12-18/h3-12,14H,13H2,1-2H3,(H,26,27). The number of hydrogen-bond acceptors (Lipinski definition) is 6. The van der Waals surface area contributed by atoms with Crippen molar-refractivity contribution in [2.75, 3.05) is 18.9 Å². The fourth-order valence-electron chi connectivity index (χ4n) is 3.22.